The van der Waals surface area contributed by atoms with Gasteiger partial charge in [0.15, 0.2) is 0 Å². The van der Waals surface area contributed by atoms with Crippen LogP contribution in [0.3, 0.4) is 0 Å². The lowest BCUT2D eigenvalue weighted by molar-refractivity contribution is 0.248. The molecule has 0 heterocycles. The highest BCUT2D eigenvalue weighted by Crippen LogP contribution is 1.86. The molecule has 0 aliphatic carbocycles. The molecule has 0 aliphatic heterocycles. The number of nitrogens with zero attached hydrogens (tertiary/aromatic N) is 1. The SMILES string of the molecule is N=C(CN)N=C(CN)C(O)CN. The smallest absolute Gasteiger partial charge is 0.134 e. The van der Waals surface area contributed by atoms with Gasteiger partial charge in [-0.15, -0.1) is 0 Å². The Morgan fingerprint density at radius 2 is 1.92 bits per heavy atom. The van der Waals surface area contributed by atoms with E-state index in [1.165, 1.54) is 0 Å². The summed E-state index contributed by atoms with van der Waals surface area (Å²) in [6.45, 7) is 0.162. The minimum absolute atomic E-state index is 0.0112. The first-order valence-corrected chi connectivity index (χ1v) is 3.58. The van der Waals surface area contributed by atoms with Crippen molar-refractivity contribution in [1.82, 2.24) is 0 Å². The zero-order chi connectivity index (χ0) is 9.56. The fraction of sp³-hybridized carbons (Fsp3) is 0.667. The fourth-order valence-electron chi connectivity index (χ4n) is 0.611. The molecule has 0 aromatic carbocycles. The van der Waals surface area contributed by atoms with Crippen molar-refractivity contribution in [3.63, 3.8) is 0 Å². The number of amidine groups is 1. The second-order valence-electron chi connectivity index (χ2n) is 2.21. The van der Waals surface area contributed by atoms with Gasteiger partial charge in [0.05, 0.1) is 12.3 Å². The fourth-order valence-corrected chi connectivity index (χ4v) is 0.611. The van der Waals surface area contributed by atoms with E-state index in [1.54, 1.807) is 0 Å². The first kappa shape index (κ1) is 11.2. The van der Waals surface area contributed by atoms with Crippen molar-refractivity contribution in [1.29, 1.82) is 5.41 Å². The van der Waals surface area contributed by atoms with Crippen LogP contribution in [0, 0.1) is 5.41 Å². The molecule has 0 saturated carbocycles. The van der Waals surface area contributed by atoms with E-state index in [0.717, 1.165) is 0 Å². The van der Waals surface area contributed by atoms with Gasteiger partial charge in [-0.05, 0) is 0 Å². The molecule has 0 radical (unpaired) electrons. The van der Waals surface area contributed by atoms with E-state index >= 15 is 0 Å². The van der Waals surface area contributed by atoms with Crippen molar-refractivity contribution in [2.75, 3.05) is 19.6 Å². The van der Waals surface area contributed by atoms with E-state index in [1.807, 2.05) is 0 Å². The average Bonchev–Trinajstić information content (AvgIpc) is 2.12. The summed E-state index contributed by atoms with van der Waals surface area (Å²) in [6, 6.07) is 0. The normalized spacial score (nSPS) is 14.5. The molecular formula is C6H15N5O. The lowest BCUT2D eigenvalue weighted by Gasteiger charge is -2.09. The number of aliphatic imine (C=N–C) groups is 1. The maximum absolute atomic E-state index is 9.19. The van der Waals surface area contributed by atoms with E-state index in [0.29, 0.717) is 5.71 Å². The maximum Gasteiger partial charge on any atom is 0.134 e. The van der Waals surface area contributed by atoms with E-state index in [4.69, 9.17) is 22.6 Å². The van der Waals surface area contributed by atoms with Crippen LogP contribution in [0.25, 0.3) is 0 Å². The second-order valence-corrected chi connectivity index (χ2v) is 2.21. The highest BCUT2D eigenvalue weighted by molar-refractivity contribution is 6.00. The van der Waals surface area contributed by atoms with Crippen LogP contribution in [-0.2, 0) is 0 Å². The van der Waals surface area contributed by atoms with Crippen molar-refractivity contribution in [3.8, 4) is 0 Å². The summed E-state index contributed by atoms with van der Waals surface area (Å²) in [5.41, 5.74) is 15.9. The van der Waals surface area contributed by atoms with Crippen molar-refractivity contribution in [3.05, 3.63) is 0 Å². The van der Waals surface area contributed by atoms with E-state index in [9.17, 15) is 5.11 Å². The van der Waals surface area contributed by atoms with Crippen LogP contribution in [0.1, 0.15) is 0 Å². The van der Waals surface area contributed by atoms with Crippen LogP contribution in [0.15, 0.2) is 4.99 Å². The van der Waals surface area contributed by atoms with E-state index in [2.05, 4.69) is 4.99 Å². The Hall–Kier alpha value is -0.820. The molecule has 1 unspecified atom stereocenters. The van der Waals surface area contributed by atoms with Crippen molar-refractivity contribution < 1.29 is 5.11 Å². The lowest BCUT2D eigenvalue weighted by atomic mass is 10.2. The Kier molecular flexibility index (Phi) is 5.39. The minimum Gasteiger partial charge on any atom is -0.386 e. The molecule has 0 rings (SSSR count). The quantitative estimate of drug-likeness (QED) is 0.240. The Morgan fingerprint density at radius 3 is 2.25 bits per heavy atom. The van der Waals surface area contributed by atoms with Crippen molar-refractivity contribution in [2.24, 2.45) is 22.2 Å². The molecule has 0 aliphatic rings. The van der Waals surface area contributed by atoms with Gasteiger partial charge >= 0.3 is 0 Å². The van der Waals surface area contributed by atoms with Crippen LogP contribution < -0.4 is 17.2 Å². The first-order chi connectivity index (χ1) is 5.65. The standard InChI is InChI=1S/C6H15N5O/c7-1-4(5(12)2-8)11-6(10)3-9/h5,10,12H,1-3,7-9H2. The number of hydrogen-bond acceptors (Lipinski definition) is 5. The monoisotopic (exact) mass is 173 g/mol. The molecule has 0 spiro atoms. The first-order valence-electron chi connectivity index (χ1n) is 3.58. The predicted octanol–water partition coefficient (Wildman–Crippen LogP) is -2.36. The molecule has 1 atom stereocenters. The zero-order valence-electron chi connectivity index (χ0n) is 6.83. The van der Waals surface area contributed by atoms with Gasteiger partial charge in [0.2, 0.25) is 0 Å². The number of nitrogens with one attached hydrogen (secondary N) is 1. The highest BCUT2D eigenvalue weighted by atomic mass is 16.3. The molecule has 0 aromatic rings. The van der Waals surface area contributed by atoms with Crippen LogP contribution in [0.4, 0.5) is 0 Å². The molecular weight excluding hydrogens is 158 g/mol. The van der Waals surface area contributed by atoms with E-state index in [-0.39, 0.29) is 25.5 Å². The number of rotatable bonds is 4. The summed E-state index contributed by atoms with van der Waals surface area (Å²) in [6.07, 6.45) is -0.873. The third-order valence-corrected chi connectivity index (χ3v) is 1.29. The van der Waals surface area contributed by atoms with Gasteiger partial charge < -0.3 is 22.3 Å². The molecule has 6 heteroatoms. The number of aliphatic hydroxyl groups is 1. The van der Waals surface area contributed by atoms with Crippen molar-refractivity contribution >= 4 is 11.5 Å². The molecule has 0 amide bonds. The summed E-state index contributed by atoms with van der Waals surface area (Å²) in [7, 11) is 0. The molecule has 0 saturated heterocycles. The Balaban J connectivity index is 4.31. The number of nitrogens with two attached hydrogens (primary N) is 3. The molecule has 0 fully saturated rings. The van der Waals surface area contributed by atoms with Crippen molar-refractivity contribution in [2.45, 2.75) is 6.10 Å². The van der Waals surface area contributed by atoms with Crippen LogP contribution in [0.5, 0.6) is 0 Å². The highest BCUT2D eigenvalue weighted by Gasteiger charge is 2.08. The Morgan fingerprint density at radius 1 is 1.33 bits per heavy atom. The second kappa shape index (κ2) is 5.78. The van der Waals surface area contributed by atoms with Crippen LogP contribution in [0.2, 0.25) is 0 Å². The minimum atomic E-state index is -0.873. The maximum atomic E-state index is 9.19. The molecule has 12 heavy (non-hydrogen) atoms. The average molecular weight is 173 g/mol. The summed E-state index contributed by atoms with van der Waals surface area (Å²) in [4.78, 5) is 3.70. The predicted molar refractivity (Wildman–Crippen MR) is 48.3 cm³/mol. The molecule has 6 nitrogen and oxygen atoms in total. The van der Waals surface area contributed by atoms with Gasteiger partial charge in [-0.2, -0.15) is 0 Å². The van der Waals surface area contributed by atoms with Gasteiger partial charge in [0, 0.05) is 13.1 Å². The molecule has 70 valence electrons. The van der Waals surface area contributed by atoms with Gasteiger partial charge in [-0.1, -0.05) is 0 Å². The Bertz CT molecular complexity index is 179. The summed E-state index contributed by atoms with van der Waals surface area (Å²) < 4.78 is 0. The van der Waals surface area contributed by atoms with Gasteiger partial charge in [-0.25, -0.2) is 4.99 Å². The third kappa shape index (κ3) is 3.54. The van der Waals surface area contributed by atoms with Crippen LogP contribution in [-0.4, -0.2) is 42.4 Å². The summed E-state index contributed by atoms with van der Waals surface area (Å²) in [5.74, 6) is -0.0112. The zero-order valence-corrected chi connectivity index (χ0v) is 6.83. The molecule has 8 N–H and O–H groups in total. The topological polar surface area (TPSA) is 134 Å². The number of hydrogen-bond donors (Lipinski definition) is 5. The largest absolute Gasteiger partial charge is 0.386 e. The molecule has 0 aromatic heterocycles. The van der Waals surface area contributed by atoms with Gasteiger partial charge in [0.1, 0.15) is 11.9 Å². The summed E-state index contributed by atoms with van der Waals surface area (Å²) in [5, 5.41) is 16.3. The van der Waals surface area contributed by atoms with Gasteiger partial charge in [-0.3, -0.25) is 5.41 Å². The number of aliphatic hydroxyl groups excluding tert-OH is 1. The molecule has 0 bridgehead atoms. The summed E-state index contributed by atoms with van der Waals surface area (Å²) >= 11 is 0. The third-order valence-electron chi connectivity index (χ3n) is 1.29. The van der Waals surface area contributed by atoms with Crippen LogP contribution >= 0.6 is 0 Å². The van der Waals surface area contributed by atoms with E-state index < -0.39 is 6.10 Å². The van der Waals surface area contributed by atoms with Gasteiger partial charge in [0.25, 0.3) is 0 Å². The lowest BCUT2D eigenvalue weighted by Crippen LogP contribution is -2.35. The Labute approximate surface area is 71.0 Å².